The number of allylic oxidation sites excluding steroid dienone is 1. The van der Waals surface area contributed by atoms with Gasteiger partial charge in [0.2, 0.25) is 0 Å². The van der Waals surface area contributed by atoms with E-state index in [0.29, 0.717) is 5.56 Å². The summed E-state index contributed by atoms with van der Waals surface area (Å²) in [5.74, 6) is 0.196. The summed E-state index contributed by atoms with van der Waals surface area (Å²) in [4.78, 5) is 3.14. The number of halogens is 2. The number of alkyl halides is 2. The number of para-hydroxylation sites is 2. The van der Waals surface area contributed by atoms with Gasteiger partial charge in [0.25, 0.3) is 0 Å². The minimum Gasteiger partial charge on any atom is -0.434 e. The van der Waals surface area contributed by atoms with Gasteiger partial charge in [-0.2, -0.15) is 8.78 Å². The van der Waals surface area contributed by atoms with E-state index in [1.807, 2.05) is 48.5 Å². The summed E-state index contributed by atoms with van der Waals surface area (Å²) in [7, 11) is 0. The molecule has 0 atom stereocenters. The zero-order chi connectivity index (χ0) is 21.6. The largest absolute Gasteiger partial charge is 0.434 e. The summed E-state index contributed by atoms with van der Waals surface area (Å²) in [6, 6.07) is 16.9. The van der Waals surface area contributed by atoms with Crippen molar-refractivity contribution in [3.63, 3.8) is 0 Å². The van der Waals surface area contributed by atoms with Crippen LogP contribution in [0.3, 0.4) is 0 Å². The Morgan fingerprint density at radius 3 is 2.42 bits per heavy atom. The molecule has 0 unspecified atom stereocenters. The van der Waals surface area contributed by atoms with E-state index in [9.17, 15) is 8.78 Å². The molecule has 31 heavy (non-hydrogen) atoms. The number of thiocarbonyl (C=S) groups is 1. The van der Waals surface area contributed by atoms with E-state index in [1.165, 1.54) is 6.42 Å². The first kappa shape index (κ1) is 21.5. The Morgan fingerprint density at radius 1 is 0.968 bits per heavy atom. The number of anilines is 1. The molecule has 2 aromatic carbocycles. The Kier molecular flexibility index (Phi) is 6.97. The van der Waals surface area contributed by atoms with Crippen LogP contribution in [0.15, 0.2) is 71.4 Å². The summed E-state index contributed by atoms with van der Waals surface area (Å²) in [6.07, 6.45) is 7.16. The summed E-state index contributed by atoms with van der Waals surface area (Å²) in [6.45, 7) is -0.878. The lowest BCUT2D eigenvalue weighted by Crippen LogP contribution is -2.31. The molecule has 6 heteroatoms. The molecule has 1 N–H and O–H groups in total. The molecule has 4 rings (SSSR count). The second kappa shape index (κ2) is 10.1. The number of nitrogens with one attached hydrogen (secondary N) is 1. The van der Waals surface area contributed by atoms with Crippen molar-refractivity contribution in [2.45, 2.75) is 38.7 Å². The SMILES string of the molecule is FC(F)Oc1ccccc1/C=C1\CCC(C(=S)Nc2ccccc2)=C1N1CCCCC1. The van der Waals surface area contributed by atoms with Crippen LogP contribution >= 0.6 is 12.2 Å². The third kappa shape index (κ3) is 5.31. The minimum atomic E-state index is -2.85. The second-order valence-electron chi connectivity index (χ2n) is 7.78. The molecular formula is C25H26F2N2OS. The molecule has 3 nitrogen and oxygen atoms in total. The first-order valence-electron chi connectivity index (χ1n) is 10.7. The van der Waals surface area contributed by atoms with Gasteiger partial charge in [0.05, 0.1) is 0 Å². The van der Waals surface area contributed by atoms with Gasteiger partial charge in [-0.15, -0.1) is 0 Å². The lowest BCUT2D eigenvalue weighted by Gasteiger charge is -2.32. The molecule has 0 saturated carbocycles. The Balaban J connectivity index is 1.69. The zero-order valence-electron chi connectivity index (χ0n) is 17.3. The van der Waals surface area contributed by atoms with Gasteiger partial charge in [-0.3, -0.25) is 0 Å². The van der Waals surface area contributed by atoms with Gasteiger partial charge in [0, 0.05) is 35.6 Å². The van der Waals surface area contributed by atoms with E-state index in [1.54, 1.807) is 12.1 Å². The fourth-order valence-corrected chi connectivity index (χ4v) is 4.60. The topological polar surface area (TPSA) is 24.5 Å². The van der Waals surface area contributed by atoms with Gasteiger partial charge in [-0.05, 0) is 62.0 Å². The maximum Gasteiger partial charge on any atom is 0.387 e. The predicted molar refractivity (Wildman–Crippen MR) is 125 cm³/mol. The standard InChI is InChI=1S/C25H26F2N2OS/c26-25(27)30-22-12-6-5-9-18(22)17-19-13-14-21(23(19)29-15-7-2-8-16-29)24(31)28-20-10-3-1-4-11-20/h1,3-6,9-12,17,25H,2,7-8,13-16H2,(H,28,31)/b19-17+. The molecule has 2 aliphatic rings. The van der Waals surface area contributed by atoms with E-state index < -0.39 is 6.61 Å². The Hall–Kier alpha value is -2.73. The van der Waals surface area contributed by atoms with Crippen molar-refractivity contribution in [2.24, 2.45) is 0 Å². The van der Waals surface area contributed by atoms with Crippen molar-refractivity contribution in [1.82, 2.24) is 4.90 Å². The van der Waals surface area contributed by atoms with Gasteiger partial charge in [0.1, 0.15) is 10.7 Å². The number of likely N-dealkylation sites (tertiary alicyclic amines) is 1. The fraction of sp³-hybridized carbons (Fsp3) is 0.320. The summed E-state index contributed by atoms with van der Waals surface area (Å²) in [5.41, 5.74) is 5.03. The van der Waals surface area contributed by atoms with Crippen molar-refractivity contribution in [3.05, 3.63) is 77.0 Å². The van der Waals surface area contributed by atoms with Crippen LogP contribution in [-0.4, -0.2) is 29.6 Å². The van der Waals surface area contributed by atoms with Crippen LogP contribution in [0.2, 0.25) is 0 Å². The normalized spacial score (nSPS) is 18.0. The van der Waals surface area contributed by atoms with E-state index in [2.05, 4.69) is 10.2 Å². The Bertz CT molecular complexity index is 982. The quantitative estimate of drug-likeness (QED) is 0.509. The molecule has 1 aliphatic carbocycles. The molecule has 162 valence electrons. The summed E-state index contributed by atoms with van der Waals surface area (Å²) < 4.78 is 30.5. The second-order valence-corrected chi connectivity index (χ2v) is 8.19. The van der Waals surface area contributed by atoms with Crippen molar-refractivity contribution >= 4 is 29.0 Å². The zero-order valence-corrected chi connectivity index (χ0v) is 18.1. The highest BCUT2D eigenvalue weighted by molar-refractivity contribution is 7.81. The van der Waals surface area contributed by atoms with E-state index in [-0.39, 0.29) is 5.75 Å². The molecular weight excluding hydrogens is 414 g/mol. The first-order valence-corrected chi connectivity index (χ1v) is 11.1. The monoisotopic (exact) mass is 440 g/mol. The van der Waals surface area contributed by atoms with Gasteiger partial charge >= 0.3 is 6.61 Å². The molecule has 0 aromatic heterocycles. The molecule has 1 heterocycles. The van der Waals surface area contributed by atoms with Gasteiger partial charge in [-0.1, -0.05) is 48.6 Å². The lowest BCUT2D eigenvalue weighted by molar-refractivity contribution is -0.0499. The molecule has 1 fully saturated rings. The molecule has 0 bridgehead atoms. The predicted octanol–water partition coefficient (Wildman–Crippen LogP) is 6.64. The van der Waals surface area contributed by atoms with Gasteiger partial charge in [0.15, 0.2) is 0 Å². The highest BCUT2D eigenvalue weighted by Crippen LogP contribution is 2.38. The number of piperidine rings is 1. The summed E-state index contributed by atoms with van der Waals surface area (Å²) in [5, 5.41) is 3.37. The summed E-state index contributed by atoms with van der Waals surface area (Å²) >= 11 is 5.80. The lowest BCUT2D eigenvalue weighted by atomic mass is 10.0. The molecule has 2 aromatic rings. The van der Waals surface area contributed by atoms with Crippen LogP contribution in [-0.2, 0) is 0 Å². The minimum absolute atomic E-state index is 0.196. The molecule has 1 aliphatic heterocycles. The number of hydrogen-bond acceptors (Lipinski definition) is 3. The number of ether oxygens (including phenoxy) is 1. The van der Waals surface area contributed by atoms with Gasteiger partial charge < -0.3 is 15.0 Å². The van der Waals surface area contributed by atoms with Crippen LogP contribution in [0.5, 0.6) is 5.75 Å². The van der Waals surface area contributed by atoms with Crippen LogP contribution in [0.1, 0.15) is 37.7 Å². The highest BCUT2D eigenvalue weighted by atomic mass is 32.1. The maximum atomic E-state index is 12.9. The van der Waals surface area contributed by atoms with E-state index >= 15 is 0 Å². The average molecular weight is 441 g/mol. The van der Waals surface area contributed by atoms with Crippen molar-refractivity contribution in [1.29, 1.82) is 0 Å². The number of hydrogen-bond donors (Lipinski definition) is 1. The van der Waals surface area contributed by atoms with Crippen molar-refractivity contribution in [2.75, 3.05) is 18.4 Å². The average Bonchev–Trinajstić information content (AvgIpc) is 3.20. The third-order valence-corrected chi connectivity index (χ3v) is 6.03. The highest BCUT2D eigenvalue weighted by Gasteiger charge is 2.28. The molecule has 1 saturated heterocycles. The van der Waals surface area contributed by atoms with Crippen molar-refractivity contribution in [3.8, 4) is 5.75 Å². The molecule has 0 spiro atoms. The van der Waals surface area contributed by atoms with Crippen LogP contribution in [0.4, 0.5) is 14.5 Å². The number of benzene rings is 2. The third-order valence-electron chi connectivity index (χ3n) is 5.68. The first-order chi connectivity index (χ1) is 15.1. The van der Waals surface area contributed by atoms with E-state index in [0.717, 1.165) is 66.3 Å². The number of nitrogens with zero attached hydrogens (tertiary/aromatic N) is 1. The van der Waals surface area contributed by atoms with E-state index in [4.69, 9.17) is 17.0 Å². The fourth-order valence-electron chi connectivity index (χ4n) is 4.28. The van der Waals surface area contributed by atoms with Crippen LogP contribution in [0.25, 0.3) is 6.08 Å². The Labute approximate surface area is 187 Å². The van der Waals surface area contributed by atoms with Crippen LogP contribution < -0.4 is 10.1 Å². The smallest absolute Gasteiger partial charge is 0.387 e. The number of rotatable bonds is 6. The molecule has 0 radical (unpaired) electrons. The molecule has 0 amide bonds. The van der Waals surface area contributed by atoms with Gasteiger partial charge in [-0.25, -0.2) is 0 Å². The van der Waals surface area contributed by atoms with Crippen LogP contribution in [0, 0.1) is 0 Å². The van der Waals surface area contributed by atoms with Crippen molar-refractivity contribution < 1.29 is 13.5 Å². The maximum absolute atomic E-state index is 12.9. The Morgan fingerprint density at radius 2 is 1.68 bits per heavy atom.